The van der Waals surface area contributed by atoms with Crippen LogP contribution in [0, 0.1) is 13.8 Å². The number of benzene rings is 2. The van der Waals surface area contributed by atoms with Gasteiger partial charge >= 0.3 is 0 Å². The number of hydrogen-bond donors (Lipinski definition) is 1. The van der Waals surface area contributed by atoms with Crippen molar-refractivity contribution in [2.24, 2.45) is 0 Å². The van der Waals surface area contributed by atoms with Crippen molar-refractivity contribution in [3.63, 3.8) is 0 Å². The zero-order chi connectivity index (χ0) is 18.5. The van der Waals surface area contributed by atoms with E-state index in [1.165, 1.54) is 11.8 Å². The Bertz CT molecular complexity index is 847. The number of aryl methyl sites for hydroxylation is 2. The predicted molar refractivity (Wildman–Crippen MR) is 103 cm³/mol. The Morgan fingerprint density at radius 2 is 1.81 bits per heavy atom. The Kier molecular flexibility index (Phi) is 6.19. The maximum atomic E-state index is 10.2. The van der Waals surface area contributed by atoms with E-state index in [0.717, 1.165) is 22.4 Å². The molecule has 136 valence electrons. The van der Waals surface area contributed by atoms with E-state index < -0.39 is 6.10 Å². The lowest BCUT2D eigenvalue weighted by molar-refractivity contribution is 0.125. The number of aromatic nitrogens is 2. The highest BCUT2D eigenvalue weighted by Gasteiger charge is 2.13. The summed E-state index contributed by atoms with van der Waals surface area (Å²) in [5, 5.41) is 19.2. The van der Waals surface area contributed by atoms with Gasteiger partial charge in [0.25, 0.3) is 5.22 Å². The molecule has 3 aromatic rings. The summed E-state index contributed by atoms with van der Waals surface area (Å²) >= 11 is 7.17. The van der Waals surface area contributed by atoms with Crippen LogP contribution >= 0.6 is 23.4 Å². The van der Waals surface area contributed by atoms with Gasteiger partial charge in [-0.3, -0.25) is 0 Å². The van der Waals surface area contributed by atoms with Gasteiger partial charge in [-0.05, 0) is 49.2 Å². The SMILES string of the molecule is Cc1cccc(C)c1OC[C@@H](O)CSc1nnc(-c2ccc(Cl)cc2)o1. The fraction of sp³-hybridized carbons (Fsp3) is 0.263. The molecule has 2 aromatic carbocycles. The number of rotatable bonds is 7. The predicted octanol–water partition coefficient (Wildman–Crippen LogP) is 4.54. The second kappa shape index (κ2) is 8.58. The van der Waals surface area contributed by atoms with Crippen LogP contribution in [0.15, 0.2) is 52.1 Å². The number of aliphatic hydroxyl groups excluding tert-OH is 1. The van der Waals surface area contributed by atoms with Crippen molar-refractivity contribution in [2.45, 2.75) is 25.2 Å². The number of nitrogens with zero attached hydrogens (tertiary/aromatic N) is 2. The molecule has 0 aliphatic heterocycles. The molecule has 1 N–H and O–H groups in total. The molecule has 1 heterocycles. The highest BCUT2D eigenvalue weighted by Crippen LogP contribution is 2.26. The van der Waals surface area contributed by atoms with Gasteiger partial charge in [0.15, 0.2) is 0 Å². The van der Waals surface area contributed by atoms with Crippen molar-refractivity contribution in [3.8, 4) is 17.2 Å². The Labute approximate surface area is 161 Å². The molecular formula is C19H19ClN2O3S. The summed E-state index contributed by atoms with van der Waals surface area (Å²) in [7, 11) is 0. The van der Waals surface area contributed by atoms with Crippen molar-refractivity contribution < 1.29 is 14.3 Å². The van der Waals surface area contributed by atoms with Gasteiger partial charge in [-0.2, -0.15) is 0 Å². The van der Waals surface area contributed by atoms with Crippen LogP contribution in [0.5, 0.6) is 5.75 Å². The zero-order valence-corrected chi connectivity index (χ0v) is 16.0. The third kappa shape index (κ3) is 4.78. The molecule has 0 bridgehead atoms. The number of halogens is 1. The Hall–Kier alpha value is -2.02. The lowest BCUT2D eigenvalue weighted by Crippen LogP contribution is -2.20. The first-order valence-corrected chi connectivity index (χ1v) is 9.48. The van der Waals surface area contributed by atoms with E-state index in [2.05, 4.69) is 10.2 Å². The Morgan fingerprint density at radius 3 is 2.50 bits per heavy atom. The minimum absolute atomic E-state index is 0.205. The molecule has 1 atom stereocenters. The maximum absolute atomic E-state index is 10.2. The normalized spacial score (nSPS) is 12.2. The van der Waals surface area contributed by atoms with Crippen LogP contribution in [0.2, 0.25) is 5.02 Å². The number of aliphatic hydroxyl groups is 1. The quantitative estimate of drug-likeness (QED) is 0.597. The van der Waals surface area contributed by atoms with Crippen molar-refractivity contribution >= 4 is 23.4 Å². The standard InChI is InChI=1S/C19H19ClN2O3S/c1-12-4-3-5-13(2)17(12)24-10-16(23)11-26-19-22-21-18(25-19)14-6-8-15(20)9-7-14/h3-9,16,23H,10-11H2,1-2H3/t16-/m1/s1. The minimum atomic E-state index is -0.648. The van der Waals surface area contributed by atoms with E-state index in [1.54, 1.807) is 12.1 Å². The second-order valence-electron chi connectivity index (χ2n) is 5.88. The lowest BCUT2D eigenvalue weighted by atomic mass is 10.1. The van der Waals surface area contributed by atoms with Crippen molar-refractivity contribution in [2.75, 3.05) is 12.4 Å². The molecule has 0 radical (unpaired) electrons. The summed E-state index contributed by atoms with van der Waals surface area (Å²) in [6.07, 6.45) is -0.648. The molecule has 0 saturated carbocycles. The number of hydrogen-bond acceptors (Lipinski definition) is 6. The number of thioether (sulfide) groups is 1. The molecule has 26 heavy (non-hydrogen) atoms. The van der Waals surface area contributed by atoms with Crippen LogP contribution in [0.3, 0.4) is 0 Å². The topological polar surface area (TPSA) is 68.4 Å². The molecule has 0 aliphatic rings. The molecule has 0 amide bonds. The van der Waals surface area contributed by atoms with E-state index in [1.807, 2.05) is 44.2 Å². The van der Waals surface area contributed by atoms with Crippen molar-refractivity contribution in [1.29, 1.82) is 0 Å². The Morgan fingerprint density at radius 1 is 1.12 bits per heavy atom. The van der Waals surface area contributed by atoms with Crippen LogP contribution in [0.4, 0.5) is 0 Å². The summed E-state index contributed by atoms with van der Waals surface area (Å²) < 4.78 is 11.4. The van der Waals surface area contributed by atoms with Gasteiger partial charge in [-0.1, -0.05) is 41.6 Å². The van der Waals surface area contributed by atoms with Crippen LogP contribution in [-0.4, -0.2) is 33.8 Å². The fourth-order valence-electron chi connectivity index (χ4n) is 2.40. The molecule has 0 saturated heterocycles. The molecule has 7 heteroatoms. The zero-order valence-electron chi connectivity index (χ0n) is 14.5. The molecule has 1 aromatic heterocycles. The van der Waals surface area contributed by atoms with Gasteiger partial charge in [0, 0.05) is 16.3 Å². The molecule has 0 unspecified atom stereocenters. The second-order valence-corrected chi connectivity index (χ2v) is 7.28. The minimum Gasteiger partial charge on any atom is -0.490 e. The van der Waals surface area contributed by atoms with Crippen LogP contribution in [0.1, 0.15) is 11.1 Å². The number of ether oxygens (including phenoxy) is 1. The van der Waals surface area contributed by atoms with Crippen LogP contribution < -0.4 is 4.74 Å². The first-order valence-electron chi connectivity index (χ1n) is 8.12. The smallest absolute Gasteiger partial charge is 0.276 e. The summed E-state index contributed by atoms with van der Waals surface area (Å²) in [5.74, 6) is 1.64. The molecule has 3 rings (SSSR count). The van der Waals surface area contributed by atoms with E-state index in [9.17, 15) is 5.11 Å². The van der Waals surface area contributed by atoms with Crippen molar-refractivity contribution in [3.05, 3.63) is 58.6 Å². The van der Waals surface area contributed by atoms with Gasteiger partial charge in [0.1, 0.15) is 12.4 Å². The maximum Gasteiger partial charge on any atom is 0.276 e. The summed E-state index contributed by atoms with van der Waals surface area (Å²) in [6.45, 7) is 4.18. The molecular weight excluding hydrogens is 372 g/mol. The lowest BCUT2D eigenvalue weighted by Gasteiger charge is -2.14. The largest absolute Gasteiger partial charge is 0.490 e. The summed E-state index contributed by atoms with van der Waals surface area (Å²) in [5.41, 5.74) is 2.90. The highest BCUT2D eigenvalue weighted by atomic mass is 35.5. The first-order chi connectivity index (χ1) is 12.5. The third-order valence-corrected chi connectivity index (χ3v) is 4.94. The van der Waals surface area contributed by atoms with Gasteiger partial charge in [-0.15, -0.1) is 10.2 Å². The highest BCUT2D eigenvalue weighted by molar-refractivity contribution is 7.99. The van der Waals surface area contributed by atoms with E-state index in [-0.39, 0.29) is 6.61 Å². The Balaban J connectivity index is 1.52. The fourth-order valence-corrected chi connectivity index (χ4v) is 3.19. The molecule has 5 nitrogen and oxygen atoms in total. The number of para-hydroxylation sites is 1. The average molecular weight is 391 g/mol. The van der Waals surface area contributed by atoms with Gasteiger partial charge in [0.05, 0.1) is 6.10 Å². The van der Waals surface area contributed by atoms with E-state index in [4.69, 9.17) is 20.8 Å². The summed E-state index contributed by atoms with van der Waals surface area (Å²) in [6, 6.07) is 13.1. The summed E-state index contributed by atoms with van der Waals surface area (Å²) in [4.78, 5) is 0. The van der Waals surface area contributed by atoms with Crippen molar-refractivity contribution in [1.82, 2.24) is 10.2 Å². The van der Waals surface area contributed by atoms with Crippen LogP contribution in [-0.2, 0) is 0 Å². The van der Waals surface area contributed by atoms with E-state index in [0.29, 0.717) is 21.9 Å². The average Bonchev–Trinajstić information content (AvgIpc) is 3.09. The van der Waals surface area contributed by atoms with Gasteiger partial charge in [0.2, 0.25) is 5.89 Å². The third-order valence-electron chi connectivity index (χ3n) is 3.73. The van der Waals surface area contributed by atoms with E-state index >= 15 is 0 Å². The monoisotopic (exact) mass is 390 g/mol. The molecule has 0 fully saturated rings. The molecule has 0 aliphatic carbocycles. The molecule has 0 spiro atoms. The van der Waals surface area contributed by atoms with Crippen LogP contribution in [0.25, 0.3) is 11.5 Å². The van der Waals surface area contributed by atoms with Gasteiger partial charge < -0.3 is 14.3 Å². The first kappa shape index (κ1) is 18.8. The van der Waals surface area contributed by atoms with Gasteiger partial charge in [-0.25, -0.2) is 0 Å².